The van der Waals surface area contributed by atoms with Crippen LogP contribution in [0.1, 0.15) is 25.1 Å². The maximum atomic E-state index is 4.93. The van der Waals surface area contributed by atoms with Crippen molar-refractivity contribution in [1.82, 2.24) is 4.57 Å². The van der Waals surface area contributed by atoms with Crippen molar-refractivity contribution in [3.8, 4) is 5.69 Å². The topological polar surface area (TPSA) is 4.93 Å². The quantitative estimate of drug-likeness (QED) is 0.225. The third-order valence-electron chi connectivity index (χ3n) is 5.35. The molecule has 30 heavy (non-hydrogen) atoms. The number of fused-ring (bicyclic) bond motifs is 2. The molecule has 0 atom stereocenters. The number of hydrogen-bond acceptors (Lipinski definition) is 0. The summed E-state index contributed by atoms with van der Waals surface area (Å²) in [4.78, 5) is 0. The van der Waals surface area contributed by atoms with Crippen LogP contribution in [-0.4, -0.2) is 4.57 Å². The predicted octanol–water partition coefficient (Wildman–Crippen LogP) is 8.44. The molecule has 4 heteroatoms. The Hall–Kier alpha value is -1.47. The molecule has 1 aliphatic carbocycles. The average molecular weight is 514 g/mol. The van der Waals surface area contributed by atoms with E-state index in [9.17, 15) is 0 Å². The fourth-order valence-corrected chi connectivity index (χ4v) is 3.72. The molecule has 0 fully saturated rings. The van der Waals surface area contributed by atoms with Gasteiger partial charge in [0.2, 0.25) is 0 Å². The first-order chi connectivity index (χ1) is 14.4. The molecule has 1 aromatic heterocycles. The summed E-state index contributed by atoms with van der Waals surface area (Å²) in [5.41, 5.74) is 5.44. The van der Waals surface area contributed by atoms with Crippen molar-refractivity contribution in [1.29, 1.82) is 0 Å². The van der Waals surface area contributed by atoms with Gasteiger partial charge in [-0.2, -0.15) is 6.08 Å². The van der Waals surface area contributed by atoms with Crippen LogP contribution in [0.5, 0.6) is 0 Å². The van der Waals surface area contributed by atoms with Crippen LogP contribution >= 0.6 is 17.0 Å². The molecule has 3 aromatic carbocycles. The zero-order valence-electron chi connectivity index (χ0n) is 17.7. The molecular weight excluding hydrogens is 488 g/mol. The van der Waals surface area contributed by atoms with Gasteiger partial charge in [0.05, 0.1) is 5.52 Å². The van der Waals surface area contributed by atoms with Crippen LogP contribution in [-0.2, 0) is 20.8 Å². The van der Waals surface area contributed by atoms with E-state index < -0.39 is 20.8 Å². The summed E-state index contributed by atoms with van der Waals surface area (Å²) in [6, 6.07) is 21.7. The summed E-state index contributed by atoms with van der Waals surface area (Å²) in [7, 11) is 9.87. The number of aromatic nitrogens is 1. The van der Waals surface area contributed by atoms with E-state index in [1.807, 2.05) is 12.2 Å². The van der Waals surface area contributed by atoms with Gasteiger partial charge in [0.1, 0.15) is 0 Å². The molecule has 0 N–H and O–H groups in total. The Morgan fingerprint density at radius 2 is 1.67 bits per heavy atom. The second kappa shape index (κ2) is 10.2. The Morgan fingerprint density at radius 1 is 1.00 bits per heavy atom. The number of benzene rings is 2. The van der Waals surface area contributed by atoms with Crippen LogP contribution < -0.4 is 0 Å². The Kier molecular flexibility index (Phi) is 7.91. The van der Waals surface area contributed by atoms with Gasteiger partial charge in [0, 0.05) is 11.1 Å². The molecule has 1 aliphatic rings. The number of allylic oxidation sites excluding steroid dienone is 4. The number of hydrogen-bond donors (Lipinski definition) is 0. The molecule has 1 heterocycles. The molecule has 152 valence electrons. The molecule has 0 aliphatic heterocycles. The van der Waals surface area contributed by atoms with Gasteiger partial charge in [-0.05, 0) is 31.2 Å². The zero-order valence-corrected chi connectivity index (χ0v) is 21.7. The second-order valence-electron chi connectivity index (χ2n) is 7.87. The minimum absolute atomic E-state index is 0.208. The molecule has 1 nitrogen and oxygen atoms in total. The normalized spacial score (nSPS) is 13.5. The number of nitrogens with zero attached hydrogens (tertiary/aromatic N) is 1. The molecule has 4 aromatic rings. The second-order valence-corrected chi connectivity index (χ2v) is 11.6. The van der Waals surface area contributed by atoms with Crippen LogP contribution in [0.2, 0.25) is 0 Å². The molecule has 0 saturated carbocycles. The van der Waals surface area contributed by atoms with E-state index in [0.717, 1.165) is 0 Å². The monoisotopic (exact) mass is 511 g/mol. The standard InChI is InChI=1S/C19H16N.C7H9.2ClH.Zr/c1-13-14(2)20(19-10-6-5-9-18(13)19)17-11-15-7-3-4-8-16(15)12-17;1-7(2)5-3-4-6-7;;;/h3-12H,1-2H3;3-5H,1-2H3;2*1H;/q2*-1;;;+4/p-2. The van der Waals surface area contributed by atoms with Crippen LogP contribution in [0.3, 0.4) is 0 Å². The number of aryl methyl sites for hydroxylation is 1. The number of para-hydroxylation sites is 1. The fourth-order valence-electron chi connectivity index (χ4n) is 3.72. The van der Waals surface area contributed by atoms with E-state index in [0.29, 0.717) is 0 Å². The Morgan fingerprint density at radius 3 is 2.27 bits per heavy atom. The third kappa shape index (κ3) is 5.23. The van der Waals surface area contributed by atoms with Crippen molar-refractivity contribution in [2.45, 2.75) is 27.7 Å². The van der Waals surface area contributed by atoms with Gasteiger partial charge in [0.15, 0.2) is 0 Å². The summed E-state index contributed by atoms with van der Waals surface area (Å²) in [6.07, 6.45) is 9.28. The molecule has 5 rings (SSSR count). The Bertz CT molecular complexity index is 1150. The van der Waals surface area contributed by atoms with Gasteiger partial charge in [-0.15, -0.1) is 41.1 Å². The number of halogens is 2. The first-order valence-corrected chi connectivity index (χ1v) is 16.2. The summed E-state index contributed by atoms with van der Waals surface area (Å²) in [5.74, 6) is 0. The van der Waals surface area contributed by atoms with Crippen molar-refractivity contribution >= 4 is 38.7 Å². The van der Waals surface area contributed by atoms with Crippen molar-refractivity contribution in [2.75, 3.05) is 0 Å². The minimum atomic E-state index is -0.826. The summed E-state index contributed by atoms with van der Waals surface area (Å²) in [5, 5.41) is 3.95. The summed E-state index contributed by atoms with van der Waals surface area (Å²) >= 11 is -0.826. The van der Waals surface area contributed by atoms with Gasteiger partial charge in [0.25, 0.3) is 0 Å². The fraction of sp³-hybridized carbons (Fsp3) is 0.192. The number of rotatable bonds is 1. The Labute approximate surface area is 198 Å². The van der Waals surface area contributed by atoms with Crippen LogP contribution in [0.4, 0.5) is 0 Å². The molecule has 0 amide bonds. The molecule has 0 radical (unpaired) electrons. The Balaban J connectivity index is 0.000000214. The first kappa shape index (κ1) is 23.2. The SMILES string of the molecule is CC1(C)[C-]=CC=C1.Cc1c(C)n(-c2cc3ccccc3[cH-]2)c2ccccc12.[Cl][Zr+2][Cl]. The van der Waals surface area contributed by atoms with Crippen molar-refractivity contribution in [2.24, 2.45) is 5.41 Å². The van der Waals surface area contributed by atoms with Crippen molar-refractivity contribution in [3.63, 3.8) is 0 Å². The van der Waals surface area contributed by atoms with E-state index in [1.165, 1.54) is 38.6 Å². The molecule has 0 unspecified atom stereocenters. The van der Waals surface area contributed by atoms with E-state index >= 15 is 0 Å². The van der Waals surface area contributed by atoms with Crippen molar-refractivity contribution < 1.29 is 20.8 Å². The van der Waals surface area contributed by atoms with Gasteiger partial charge in [-0.25, -0.2) is 12.2 Å². The van der Waals surface area contributed by atoms with E-state index in [-0.39, 0.29) is 5.41 Å². The molecule has 0 bridgehead atoms. The van der Waals surface area contributed by atoms with Gasteiger partial charge in [-0.3, -0.25) is 6.08 Å². The first-order valence-electron chi connectivity index (χ1n) is 9.85. The molecule has 0 spiro atoms. The predicted molar refractivity (Wildman–Crippen MR) is 128 cm³/mol. The molecule has 0 saturated heterocycles. The average Bonchev–Trinajstić information content (AvgIpc) is 3.40. The third-order valence-corrected chi connectivity index (χ3v) is 5.35. The van der Waals surface area contributed by atoms with Crippen molar-refractivity contribution in [3.05, 3.63) is 96.2 Å². The van der Waals surface area contributed by atoms with Gasteiger partial charge in [-0.1, -0.05) is 43.5 Å². The zero-order chi connectivity index (χ0) is 21.7. The summed E-state index contributed by atoms with van der Waals surface area (Å²) in [6.45, 7) is 8.67. The van der Waals surface area contributed by atoms with Crippen LogP contribution in [0, 0.1) is 25.3 Å². The molecular formula is C26H25Cl2NZr. The van der Waals surface area contributed by atoms with Crippen LogP contribution in [0.25, 0.3) is 27.4 Å². The maximum absolute atomic E-state index is 4.93. The van der Waals surface area contributed by atoms with E-state index in [4.69, 9.17) is 17.0 Å². The van der Waals surface area contributed by atoms with Crippen LogP contribution in [0.15, 0.2) is 78.9 Å². The summed E-state index contributed by atoms with van der Waals surface area (Å²) < 4.78 is 2.37. The van der Waals surface area contributed by atoms with E-state index in [2.05, 4.69) is 105 Å². The van der Waals surface area contributed by atoms with Gasteiger partial charge >= 0.3 is 37.9 Å². The van der Waals surface area contributed by atoms with E-state index in [1.54, 1.807) is 0 Å². The van der Waals surface area contributed by atoms with Gasteiger partial charge < -0.3 is 4.57 Å².